The fourth-order valence-electron chi connectivity index (χ4n) is 1.94. The van der Waals surface area contributed by atoms with Gasteiger partial charge in [-0.05, 0) is 30.9 Å². The number of carbonyl (C=O) groups excluding carboxylic acids is 1. The number of hydrogen-bond donors (Lipinski definition) is 2. The van der Waals surface area contributed by atoms with Crippen molar-refractivity contribution in [2.75, 3.05) is 24.7 Å². The van der Waals surface area contributed by atoms with E-state index in [1.807, 2.05) is 24.3 Å². The van der Waals surface area contributed by atoms with Gasteiger partial charge in [0.2, 0.25) is 11.0 Å². The molecule has 2 aromatic rings. The van der Waals surface area contributed by atoms with Crippen molar-refractivity contribution < 1.29 is 9.53 Å². The Bertz CT molecular complexity index is 673. The van der Waals surface area contributed by atoms with Crippen molar-refractivity contribution >= 4 is 39.8 Å². The number of nitrogens with zero attached hydrogens (tertiary/aromatic N) is 2. The van der Waals surface area contributed by atoms with Gasteiger partial charge >= 0.3 is 0 Å². The number of anilines is 2. The molecule has 3 rings (SSSR count). The molecule has 0 spiro atoms. The number of benzene rings is 1. The quantitative estimate of drug-likeness (QED) is 0.713. The summed E-state index contributed by atoms with van der Waals surface area (Å²) in [5, 5.41) is 15.0. The average Bonchev–Trinajstić information content (AvgIpc) is 3.30. The Hall–Kier alpha value is -1.80. The molecule has 6 nitrogen and oxygen atoms in total. The molecule has 1 saturated carbocycles. The zero-order chi connectivity index (χ0) is 16.1. The van der Waals surface area contributed by atoms with E-state index in [0.29, 0.717) is 16.8 Å². The Labute approximate surface area is 143 Å². The molecule has 0 atom stereocenters. The average molecular weight is 350 g/mol. The van der Waals surface area contributed by atoms with E-state index in [0.717, 1.165) is 22.3 Å². The van der Waals surface area contributed by atoms with Crippen molar-refractivity contribution in [1.82, 2.24) is 15.5 Å². The van der Waals surface area contributed by atoms with Crippen molar-refractivity contribution in [3.63, 3.8) is 0 Å². The van der Waals surface area contributed by atoms with Crippen LogP contribution in [-0.4, -0.2) is 35.5 Å². The molecule has 2 N–H and O–H groups in total. The number of methoxy groups -OCH3 is 1. The van der Waals surface area contributed by atoms with Crippen LogP contribution in [0, 0.1) is 5.92 Å². The van der Waals surface area contributed by atoms with Gasteiger partial charge in [0.05, 0.1) is 18.6 Å². The summed E-state index contributed by atoms with van der Waals surface area (Å²) in [6.45, 7) is 0.802. The van der Waals surface area contributed by atoms with Crippen LogP contribution in [0.25, 0.3) is 0 Å². The summed E-state index contributed by atoms with van der Waals surface area (Å²) >= 11 is 2.82. The van der Waals surface area contributed by atoms with Gasteiger partial charge in [-0.25, -0.2) is 0 Å². The summed E-state index contributed by atoms with van der Waals surface area (Å²) in [4.78, 5) is 11.7. The van der Waals surface area contributed by atoms with Crippen molar-refractivity contribution in [2.45, 2.75) is 17.2 Å². The lowest BCUT2D eigenvalue weighted by molar-refractivity contribution is -0.118. The molecule has 23 heavy (non-hydrogen) atoms. The molecule has 1 aliphatic carbocycles. The van der Waals surface area contributed by atoms with Gasteiger partial charge in [0.15, 0.2) is 4.34 Å². The van der Waals surface area contributed by atoms with Crippen LogP contribution >= 0.6 is 23.1 Å². The van der Waals surface area contributed by atoms with Gasteiger partial charge in [0.1, 0.15) is 5.75 Å². The van der Waals surface area contributed by atoms with Gasteiger partial charge in [-0.1, -0.05) is 35.2 Å². The summed E-state index contributed by atoms with van der Waals surface area (Å²) in [5.41, 5.74) is 0.838. The number of hydrogen-bond acceptors (Lipinski definition) is 7. The lowest BCUT2D eigenvalue weighted by Gasteiger charge is -2.07. The number of rotatable bonds is 8. The van der Waals surface area contributed by atoms with Crippen LogP contribution in [0.1, 0.15) is 12.8 Å². The highest BCUT2D eigenvalue weighted by Gasteiger charge is 2.21. The summed E-state index contributed by atoms with van der Waals surface area (Å²) in [5.74, 6) is 1.87. The summed E-state index contributed by atoms with van der Waals surface area (Å²) in [6, 6.07) is 7.62. The topological polar surface area (TPSA) is 76.1 Å². The first-order valence-corrected chi connectivity index (χ1v) is 9.18. The Morgan fingerprint density at radius 3 is 3.00 bits per heavy atom. The number of thioether (sulfide) groups is 1. The number of amides is 1. The predicted octanol–water partition coefficient (Wildman–Crippen LogP) is 2.91. The minimum absolute atomic E-state index is 0.0522. The highest BCUT2D eigenvalue weighted by Crippen LogP contribution is 2.31. The maximum absolute atomic E-state index is 11.7. The third kappa shape index (κ3) is 4.84. The molecule has 0 radical (unpaired) electrons. The molecule has 1 aromatic heterocycles. The molecule has 0 saturated heterocycles. The second kappa shape index (κ2) is 7.65. The van der Waals surface area contributed by atoms with Crippen LogP contribution in [0.5, 0.6) is 5.75 Å². The van der Waals surface area contributed by atoms with Crippen LogP contribution in [0.15, 0.2) is 28.6 Å². The molecule has 0 unspecified atom stereocenters. The smallest absolute Gasteiger partial charge is 0.230 e. The maximum atomic E-state index is 11.7. The fraction of sp³-hybridized carbons (Fsp3) is 0.400. The van der Waals surface area contributed by atoms with Crippen molar-refractivity contribution in [3.05, 3.63) is 24.3 Å². The molecule has 0 aliphatic heterocycles. The van der Waals surface area contributed by atoms with E-state index in [-0.39, 0.29) is 5.91 Å². The van der Waals surface area contributed by atoms with Gasteiger partial charge in [-0.3, -0.25) is 4.79 Å². The molecule has 1 amide bonds. The summed E-state index contributed by atoms with van der Waals surface area (Å²) in [6.07, 6.45) is 2.48. The van der Waals surface area contributed by atoms with Crippen LogP contribution in [-0.2, 0) is 4.79 Å². The molecule has 122 valence electrons. The normalized spacial score (nSPS) is 13.6. The summed E-state index contributed by atoms with van der Waals surface area (Å²) < 4.78 is 6.06. The van der Waals surface area contributed by atoms with Crippen LogP contribution in [0.3, 0.4) is 0 Å². The molecule has 1 heterocycles. The van der Waals surface area contributed by atoms with E-state index >= 15 is 0 Å². The van der Waals surface area contributed by atoms with Crippen molar-refractivity contribution in [3.8, 4) is 5.75 Å². The summed E-state index contributed by atoms with van der Waals surface area (Å²) in [7, 11) is 1.63. The first-order chi connectivity index (χ1) is 11.2. The van der Waals surface area contributed by atoms with Gasteiger partial charge in [-0.15, -0.1) is 10.2 Å². The van der Waals surface area contributed by atoms with E-state index in [4.69, 9.17) is 4.74 Å². The van der Waals surface area contributed by atoms with Crippen molar-refractivity contribution in [1.29, 1.82) is 0 Å². The van der Waals surface area contributed by atoms with E-state index < -0.39 is 0 Å². The first kappa shape index (κ1) is 16.1. The second-order valence-electron chi connectivity index (χ2n) is 5.23. The SMILES string of the molecule is COc1ccccc1Nc1nnc(SCC(=O)NCC2CC2)s1. The first-order valence-electron chi connectivity index (χ1n) is 7.37. The Morgan fingerprint density at radius 2 is 2.22 bits per heavy atom. The molecule has 1 fully saturated rings. The minimum Gasteiger partial charge on any atom is -0.495 e. The van der Waals surface area contributed by atoms with E-state index in [2.05, 4.69) is 20.8 Å². The molecule has 1 aliphatic rings. The Morgan fingerprint density at radius 1 is 1.39 bits per heavy atom. The lowest BCUT2D eigenvalue weighted by atomic mass is 10.3. The maximum Gasteiger partial charge on any atom is 0.230 e. The Balaban J connectivity index is 1.50. The van der Waals surface area contributed by atoms with Gasteiger partial charge < -0.3 is 15.4 Å². The lowest BCUT2D eigenvalue weighted by Crippen LogP contribution is -2.27. The number of aromatic nitrogens is 2. The monoisotopic (exact) mass is 350 g/mol. The molecular weight excluding hydrogens is 332 g/mol. The highest BCUT2D eigenvalue weighted by molar-refractivity contribution is 8.01. The third-order valence-electron chi connectivity index (χ3n) is 3.37. The Kier molecular flexibility index (Phi) is 5.35. The standard InChI is InChI=1S/C15H18N4O2S2/c1-21-12-5-3-2-4-11(12)17-14-18-19-15(23-14)22-9-13(20)16-8-10-6-7-10/h2-5,10H,6-9H2,1H3,(H,16,20)(H,17,18). The van der Waals surface area contributed by atoms with Crippen LogP contribution < -0.4 is 15.4 Å². The highest BCUT2D eigenvalue weighted by atomic mass is 32.2. The third-order valence-corrected chi connectivity index (χ3v) is 5.34. The van der Waals surface area contributed by atoms with Gasteiger partial charge in [-0.2, -0.15) is 0 Å². The van der Waals surface area contributed by atoms with Crippen molar-refractivity contribution in [2.24, 2.45) is 5.92 Å². The minimum atomic E-state index is 0.0522. The second-order valence-corrected chi connectivity index (χ2v) is 7.43. The van der Waals surface area contributed by atoms with Gasteiger partial charge in [0.25, 0.3) is 0 Å². The molecule has 0 bridgehead atoms. The molecular formula is C15H18N4O2S2. The van der Waals surface area contributed by atoms with Crippen LogP contribution in [0.4, 0.5) is 10.8 Å². The number of ether oxygens (including phenoxy) is 1. The zero-order valence-corrected chi connectivity index (χ0v) is 14.4. The van der Waals surface area contributed by atoms with E-state index in [1.165, 1.54) is 35.9 Å². The van der Waals surface area contributed by atoms with E-state index in [9.17, 15) is 4.79 Å². The van der Waals surface area contributed by atoms with Crippen LogP contribution in [0.2, 0.25) is 0 Å². The predicted molar refractivity (Wildman–Crippen MR) is 92.6 cm³/mol. The number of para-hydroxylation sites is 2. The zero-order valence-electron chi connectivity index (χ0n) is 12.7. The molecule has 1 aromatic carbocycles. The largest absolute Gasteiger partial charge is 0.495 e. The number of carbonyl (C=O) groups is 1. The van der Waals surface area contributed by atoms with Gasteiger partial charge in [0, 0.05) is 6.54 Å². The van der Waals surface area contributed by atoms with E-state index in [1.54, 1.807) is 7.11 Å². The number of nitrogens with one attached hydrogen (secondary N) is 2. The molecule has 8 heteroatoms. The fourth-order valence-corrected chi connectivity index (χ4v) is 3.53.